The number of hydrogen-bond acceptors (Lipinski definition) is 4. The summed E-state index contributed by atoms with van der Waals surface area (Å²) in [6.45, 7) is 8.18. The van der Waals surface area contributed by atoms with Crippen LogP contribution in [0.15, 0.2) is 0 Å². The van der Waals surface area contributed by atoms with E-state index in [0.717, 1.165) is 19.6 Å². The number of urea groups is 1. The van der Waals surface area contributed by atoms with Crippen molar-refractivity contribution in [2.45, 2.75) is 32.9 Å². The number of rotatable bonds is 8. The van der Waals surface area contributed by atoms with Crippen LogP contribution in [-0.2, 0) is 4.79 Å². The molecule has 7 nitrogen and oxygen atoms in total. The van der Waals surface area contributed by atoms with Gasteiger partial charge in [-0.05, 0) is 20.0 Å². The fourth-order valence-electron chi connectivity index (χ4n) is 1.47. The third-order valence-corrected chi connectivity index (χ3v) is 2.55. The SMILES string of the molecule is CCN(CC)CC(C)NC(=O)NC[C@H](O)C(=O)O. The number of aliphatic hydroxyl groups excluding tert-OH is 1. The molecule has 0 aliphatic heterocycles. The number of aliphatic carboxylic acids is 1. The number of amides is 2. The number of likely N-dealkylation sites (N-methyl/N-ethyl adjacent to an activating group) is 1. The summed E-state index contributed by atoms with van der Waals surface area (Å²) in [6.07, 6.45) is -1.58. The van der Waals surface area contributed by atoms with Crippen molar-refractivity contribution < 1.29 is 19.8 Å². The van der Waals surface area contributed by atoms with Gasteiger partial charge in [0, 0.05) is 12.6 Å². The van der Waals surface area contributed by atoms with Crippen molar-refractivity contribution in [3.8, 4) is 0 Å². The number of carbonyl (C=O) groups is 2. The van der Waals surface area contributed by atoms with Crippen LogP contribution in [0.2, 0.25) is 0 Å². The fourth-order valence-corrected chi connectivity index (χ4v) is 1.47. The zero-order chi connectivity index (χ0) is 14.1. The Morgan fingerprint density at radius 2 is 1.83 bits per heavy atom. The lowest BCUT2D eigenvalue weighted by molar-refractivity contribution is -0.146. The van der Waals surface area contributed by atoms with E-state index in [2.05, 4.69) is 15.5 Å². The Labute approximate surface area is 107 Å². The van der Waals surface area contributed by atoms with Gasteiger partial charge in [0.05, 0.1) is 6.54 Å². The van der Waals surface area contributed by atoms with Gasteiger partial charge in [-0.2, -0.15) is 0 Å². The van der Waals surface area contributed by atoms with Crippen LogP contribution < -0.4 is 10.6 Å². The molecule has 0 saturated carbocycles. The second-order valence-corrected chi connectivity index (χ2v) is 4.10. The van der Waals surface area contributed by atoms with Crippen LogP contribution in [0.3, 0.4) is 0 Å². The predicted octanol–water partition coefficient (Wildman–Crippen LogP) is -0.539. The Bertz CT molecular complexity index is 269. The lowest BCUT2D eigenvalue weighted by Crippen LogP contribution is -2.48. The summed E-state index contributed by atoms with van der Waals surface area (Å²) in [7, 11) is 0. The largest absolute Gasteiger partial charge is 0.479 e. The molecule has 7 heteroatoms. The minimum atomic E-state index is -1.58. The van der Waals surface area contributed by atoms with Gasteiger partial charge in [-0.25, -0.2) is 9.59 Å². The molecule has 0 aromatic heterocycles. The van der Waals surface area contributed by atoms with Gasteiger partial charge in [-0.3, -0.25) is 0 Å². The van der Waals surface area contributed by atoms with E-state index >= 15 is 0 Å². The molecule has 0 spiro atoms. The van der Waals surface area contributed by atoms with E-state index in [1.807, 2.05) is 20.8 Å². The van der Waals surface area contributed by atoms with E-state index < -0.39 is 18.1 Å². The van der Waals surface area contributed by atoms with Crippen LogP contribution >= 0.6 is 0 Å². The average molecular weight is 261 g/mol. The molecule has 0 bridgehead atoms. The maximum atomic E-state index is 11.4. The predicted molar refractivity (Wildman–Crippen MR) is 67.4 cm³/mol. The van der Waals surface area contributed by atoms with Gasteiger partial charge in [-0.1, -0.05) is 13.8 Å². The molecule has 0 heterocycles. The zero-order valence-electron chi connectivity index (χ0n) is 11.1. The first-order chi connectivity index (χ1) is 8.40. The number of hydrogen-bond donors (Lipinski definition) is 4. The van der Waals surface area contributed by atoms with Gasteiger partial charge in [0.15, 0.2) is 6.10 Å². The maximum Gasteiger partial charge on any atom is 0.334 e. The van der Waals surface area contributed by atoms with E-state index in [1.54, 1.807) is 0 Å². The molecule has 0 aliphatic rings. The van der Waals surface area contributed by atoms with Crippen molar-refractivity contribution >= 4 is 12.0 Å². The van der Waals surface area contributed by atoms with Gasteiger partial charge in [0.25, 0.3) is 0 Å². The number of carboxylic acids is 1. The Morgan fingerprint density at radius 1 is 1.28 bits per heavy atom. The second-order valence-electron chi connectivity index (χ2n) is 4.10. The standard InChI is InChI=1S/C11H23N3O4/c1-4-14(5-2)7-8(3)13-11(18)12-6-9(15)10(16)17/h8-9,15H,4-7H2,1-3H3,(H,16,17)(H2,12,13,18)/t8?,9-/m0/s1. The molecule has 1 unspecified atom stereocenters. The van der Waals surface area contributed by atoms with E-state index in [9.17, 15) is 9.59 Å². The number of nitrogens with zero attached hydrogens (tertiary/aromatic N) is 1. The number of nitrogens with one attached hydrogen (secondary N) is 2. The van der Waals surface area contributed by atoms with Gasteiger partial charge in [0.2, 0.25) is 0 Å². The molecule has 106 valence electrons. The molecule has 2 atom stereocenters. The molecule has 0 rings (SSSR count). The average Bonchev–Trinajstić information content (AvgIpc) is 2.32. The van der Waals surface area contributed by atoms with Crippen LogP contribution in [-0.4, -0.2) is 65.4 Å². The smallest absolute Gasteiger partial charge is 0.334 e. The number of carboxylic acid groups (broad SMARTS) is 1. The molecule has 0 aromatic carbocycles. The Kier molecular flexibility index (Phi) is 8.06. The van der Waals surface area contributed by atoms with E-state index in [-0.39, 0.29) is 12.6 Å². The van der Waals surface area contributed by atoms with Crippen LogP contribution in [0.25, 0.3) is 0 Å². The number of carbonyl (C=O) groups excluding carboxylic acids is 1. The van der Waals surface area contributed by atoms with Gasteiger partial charge in [0.1, 0.15) is 0 Å². The second kappa shape index (κ2) is 8.71. The highest BCUT2D eigenvalue weighted by Crippen LogP contribution is 1.91. The molecule has 0 aliphatic carbocycles. The van der Waals surface area contributed by atoms with Crippen LogP contribution in [0, 0.1) is 0 Å². The minimum absolute atomic E-state index is 0.0492. The monoisotopic (exact) mass is 261 g/mol. The summed E-state index contributed by atoms with van der Waals surface area (Å²) in [5.41, 5.74) is 0. The molecule has 18 heavy (non-hydrogen) atoms. The Balaban J connectivity index is 3.90. The number of aliphatic hydroxyl groups is 1. The van der Waals surface area contributed by atoms with Crippen LogP contribution in [0.1, 0.15) is 20.8 Å². The first-order valence-corrected chi connectivity index (χ1v) is 6.08. The molecular formula is C11H23N3O4. The first kappa shape index (κ1) is 16.7. The molecule has 0 fully saturated rings. The first-order valence-electron chi connectivity index (χ1n) is 6.08. The maximum absolute atomic E-state index is 11.4. The summed E-state index contributed by atoms with van der Waals surface area (Å²) >= 11 is 0. The van der Waals surface area contributed by atoms with Crippen LogP contribution in [0.5, 0.6) is 0 Å². The molecule has 2 amide bonds. The van der Waals surface area contributed by atoms with Crippen molar-refractivity contribution in [1.82, 2.24) is 15.5 Å². The highest BCUT2D eigenvalue weighted by Gasteiger charge is 2.15. The molecule has 0 radical (unpaired) electrons. The lowest BCUT2D eigenvalue weighted by Gasteiger charge is -2.23. The minimum Gasteiger partial charge on any atom is -0.479 e. The Hall–Kier alpha value is -1.34. The quantitative estimate of drug-likeness (QED) is 0.470. The summed E-state index contributed by atoms with van der Waals surface area (Å²) in [5, 5.41) is 22.4. The van der Waals surface area contributed by atoms with Crippen molar-refractivity contribution in [2.24, 2.45) is 0 Å². The van der Waals surface area contributed by atoms with Gasteiger partial charge in [-0.15, -0.1) is 0 Å². The van der Waals surface area contributed by atoms with Crippen molar-refractivity contribution in [3.05, 3.63) is 0 Å². The molecule has 0 saturated heterocycles. The fraction of sp³-hybridized carbons (Fsp3) is 0.818. The van der Waals surface area contributed by atoms with Crippen molar-refractivity contribution in [3.63, 3.8) is 0 Å². The highest BCUT2D eigenvalue weighted by atomic mass is 16.4. The van der Waals surface area contributed by atoms with E-state index in [0.29, 0.717) is 0 Å². The highest BCUT2D eigenvalue weighted by molar-refractivity contribution is 5.76. The normalized spacial score (nSPS) is 14.1. The van der Waals surface area contributed by atoms with E-state index in [4.69, 9.17) is 10.2 Å². The van der Waals surface area contributed by atoms with Gasteiger partial charge >= 0.3 is 12.0 Å². The molecular weight excluding hydrogens is 238 g/mol. The third-order valence-electron chi connectivity index (χ3n) is 2.55. The van der Waals surface area contributed by atoms with Gasteiger partial charge < -0.3 is 25.7 Å². The van der Waals surface area contributed by atoms with E-state index in [1.165, 1.54) is 0 Å². The third kappa shape index (κ3) is 7.08. The topological polar surface area (TPSA) is 102 Å². The van der Waals surface area contributed by atoms with Crippen molar-refractivity contribution in [2.75, 3.05) is 26.2 Å². The summed E-state index contributed by atoms with van der Waals surface area (Å²) < 4.78 is 0. The van der Waals surface area contributed by atoms with Crippen molar-refractivity contribution in [1.29, 1.82) is 0 Å². The molecule has 0 aromatic rings. The summed E-state index contributed by atoms with van der Waals surface area (Å²) in [4.78, 5) is 23.9. The lowest BCUT2D eigenvalue weighted by atomic mass is 10.3. The zero-order valence-corrected chi connectivity index (χ0v) is 11.1. The molecule has 4 N–H and O–H groups in total. The summed E-state index contributed by atoms with van der Waals surface area (Å²) in [5.74, 6) is -1.36. The Morgan fingerprint density at radius 3 is 2.28 bits per heavy atom. The van der Waals surface area contributed by atoms with Crippen LogP contribution in [0.4, 0.5) is 4.79 Å². The summed E-state index contributed by atoms with van der Waals surface area (Å²) in [6, 6.07) is -0.526.